The first-order chi connectivity index (χ1) is 18.3. The lowest BCUT2D eigenvalue weighted by Gasteiger charge is -2.46. The second-order valence-corrected chi connectivity index (χ2v) is 10.6. The molecule has 0 bridgehead atoms. The summed E-state index contributed by atoms with van der Waals surface area (Å²) in [6.45, 7) is -0.230. The smallest absolute Gasteiger partial charge is 0.471 e. The van der Waals surface area contributed by atoms with E-state index in [0.29, 0.717) is 21.9 Å². The van der Waals surface area contributed by atoms with Crippen molar-refractivity contribution in [1.29, 1.82) is 0 Å². The van der Waals surface area contributed by atoms with E-state index in [4.69, 9.17) is 33.1 Å². The average Bonchev–Trinajstić information content (AvgIpc) is 3.32. The number of thioether (sulfide) groups is 1. The third-order valence-corrected chi connectivity index (χ3v) is 7.84. The lowest BCUT2D eigenvalue weighted by molar-refractivity contribution is -0.167. The summed E-state index contributed by atoms with van der Waals surface area (Å²) in [4.78, 5) is 58.3. The van der Waals surface area contributed by atoms with Crippen LogP contribution >= 0.6 is 46.3 Å². The third-order valence-electron chi connectivity index (χ3n) is 5.18. The molecule has 39 heavy (non-hydrogen) atoms. The molecule has 1 fully saturated rings. The molecule has 2 aliphatic heterocycles. The number of thiazole rings is 1. The van der Waals surface area contributed by atoms with Gasteiger partial charge < -0.3 is 20.2 Å². The van der Waals surface area contributed by atoms with Gasteiger partial charge in [-0.3, -0.25) is 19.7 Å². The molecule has 1 aromatic carbocycles. The van der Waals surface area contributed by atoms with Gasteiger partial charge in [0.1, 0.15) is 23.7 Å². The van der Waals surface area contributed by atoms with Gasteiger partial charge in [0.25, 0.3) is 11.8 Å². The normalized spacial score (nSPS) is 19.0. The van der Waals surface area contributed by atoms with E-state index >= 15 is 0 Å². The number of anilines is 1. The standard InChI is InChI=1S/C21H14Cl2F3N5O6S2/c22-10-2-1-8(11(23)3-10)5-37-30-13(12-7-39-20(27-12)29-19(36)21(24,25)26)15(32)28-14-16(33)31-4-9(18(34)35)6-38-17(14)31/h1-4,7,14,17H,5-6H2,(H,28,32)(H,34,35)(H,27,29,36)/t14?,17-/m1/s1. The number of aromatic nitrogens is 1. The molecule has 3 N–H and O–H groups in total. The first-order valence-corrected chi connectivity index (χ1v) is 13.2. The van der Waals surface area contributed by atoms with E-state index in [0.717, 1.165) is 17.1 Å². The maximum atomic E-state index is 13.1. The number of β-lactam (4-membered cyclic amide) rings is 1. The van der Waals surface area contributed by atoms with Crippen LogP contribution in [-0.4, -0.2) is 67.7 Å². The summed E-state index contributed by atoms with van der Waals surface area (Å²) in [6.07, 6.45) is -3.97. The van der Waals surface area contributed by atoms with Crippen molar-refractivity contribution >= 4 is 80.8 Å². The Hall–Kier alpha value is -3.34. The Morgan fingerprint density at radius 2 is 2.03 bits per heavy atom. The number of nitrogens with zero attached hydrogens (tertiary/aromatic N) is 3. The second-order valence-electron chi connectivity index (χ2n) is 7.80. The molecule has 4 rings (SSSR count). The van der Waals surface area contributed by atoms with Crippen LogP contribution < -0.4 is 10.6 Å². The Kier molecular flexibility index (Phi) is 8.39. The number of carbonyl (C=O) groups excluding carboxylic acids is 3. The van der Waals surface area contributed by atoms with Gasteiger partial charge in [-0.05, 0) is 12.1 Å². The fraction of sp³-hybridized carbons (Fsp3) is 0.238. The molecule has 1 aromatic heterocycles. The number of hydrogen-bond donors (Lipinski definition) is 3. The average molecular weight is 624 g/mol. The molecule has 206 valence electrons. The predicted octanol–water partition coefficient (Wildman–Crippen LogP) is 3.24. The molecule has 3 heterocycles. The molecule has 1 unspecified atom stereocenters. The molecule has 2 aromatic rings. The van der Waals surface area contributed by atoms with Gasteiger partial charge >= 0.3 is 18.1 Å². The number of nitrogens with one attached hydrogen (secondary N) is 2. The van der Waals surface area contributed by atoms with E-state index in [-0.39, 0.29) is 28.6 Å². The quantitative estimate of drug-likeness (QED) is 0.230. The van der Waals surface area contributed by atoms with Crippen LogP contribution in [0.4, 0.5) is 18.3 Å². The molecule has 1 saturated heterocycles. The lowest BCUT2D eigenvalue weighted by Crippen LogP contribution is -2.69. The zero-order valence-corrected chi connectivity index (χ0v) is 22.1. The molecule has 0 saturated carbocycles. The first kappa shape index (κ1) is 28.7. The van der Waals surface area contributed by atoms with E-state index in [1.54, 1.807) is 17.4 Å². The van der Waals surface area contributed by atoms with Gasteiger partial charge in [-0.2, -0.15) is 13.2 Å². The number of carboxylic acids is 1. The van der Waals surface area contributed by atoms with Crippen LogP contribution in [-0.2, 0) is 30.6 Å². The summed E-state index contributed by atoms with van der Waals surface area (Å²) in [5, 5.41) is 17.7. The van der Waals surface area contributed by atoms with Crippen molar-refractivity contribution in [2.24, 2.45) is 5.16 Å². The van der Waals surface area contributed by atoms with E-state index in [2.05, 4.69) is 15.5 Å². The highest BCUT2D eigenvalue weighted by Gasteiger charge is 2.50. The van der Waals surface area contributed by atoms with E-state index in [1.807, 2.05) is 0 Å². The predicted molar refractivity (Wildman–Crippen MR) is 135 cm³/mol. The van der Waals surface area contributed by atoms with Gasteiger partial charge in [-0.1, -0.05) is 34.4 Å². The zero-order chi connectivity index (χ0) is 28.5. The Labute approximate surface area is 235 Å². The third kappa shape index (κ3) is 6.46. The molecule has 0 radical (unpaired) electrons. The van der Waals surface area contributed by atoms with Gasteiger partial charge in [-0.15, -0.1) is 23.1 Å². The molecule has 2 atom stereocenters. The number of rotatable bonds is 8. The number of hydrogen-bond acceptors (Lipinski definition) is 9. The Balaban J connectivity index is 1.53. The maximum absolute atomic E-state index is 13.1. The number of alkyl halides is 3. The van der Waals surface area contributed by atoms with E-state index in [9.17, 15) is 32.3 Å². The number of carbonyl (C=O) groups is 4. The summed E-state index contributed by atoms with van der Waals surface area (Å²) in [5.41, 5.74) is -0.282. The number of benzene rings is 1. The van der Waals surface area contributed by atoms with Crippen LogP contribution in [0.3, 0.4) is 0 Å². The van der Waals surface area contributed by atoms with Crippen LogP contribution in [0.25, 0.3) is 0 Å². The van der Waals surface area contributed by atoms with Gasteiger partial charge in [0.2, 0.25) is 0 Å². The number of oxime groups is 1. The number of fused-ring (bicyclic) bond motifs is 1. The first-order valence-electron chi connectivity index (χ1n) is 10.5. The Morgan fingerprint density at radius 1 is 1.28 bits per heavy atom. The summed E-state index contributed by atoms with van der Waals surface area (Å²) in [5.74, 6) is -4.88. The maximum Gasteiger partial charge on any atom is 0.471 e. The van der Waals surface area contributed by atoms with Crippen molar-refractivity contribution < 1.29 is 42.3 Å². The van der Waals surface area contributed by atoms with Gasteiger partial charge in [0, 0.05) is 32.9 Å². The van der Waals surface area contributed by atoms with Crippen LogP contribution in [0.1, 0.15) is 11.3 Å². The number of aliphatic carboxylic acids is 1. The minimum atomic E-state index is -5.16. The lowest BCUT2D eigenvalue weighted by atomic mass is 10.1. The van der Waals surface area contributed by atoms with Crippen molar-refractivity contribution in [2.45, 2.75) is 24.2 Å². The van der Waals surface area contributed by atoms with Crippen molar-refractivity contribution in [3.63, 3.8) is 0 Å². The molecule has 11 nitrogen and oxygen atoms in total. The van der Waals surface area contributed by atoms with Crippen LogP contribution in [0, 0.1) is 0 Å². The molecule has 2 aliphatic rings. The Morgan fingerprint density at radius 3 is 2.69 bits per heavy atom. The van der Waals surface area contributed by atoms with Crippen LogP contribution in [0.15, 0.2) is 40.5 Å². The monoisotopic (exact) mass is 623 g/mol. The van der Waals surface area contributed by atoms with Crippen LogP contribution in [0.5, 0.6) is 0 Å². The topological polar surface area (TPSA) is 150 Å². The number of halogens is 5. The largest absolute Gasteiger partial charge is 0.478 e. The summed E-state index contributed by atoms with van der Waals surface area (Å²) in [7, 11) is 0. The highest BCUT2D eigenvalue weighted by atomic mass is 35.5. The van der Waals surface area contributed by atoms with Crippen LogP contribution in [0.2, 0.25) is 10.0 Å². The van der Waals surface area contributed by atoms with Gasteiger partial charge in [0.05, 0.1) is 5.57 Å². The molecule has 0 spiro atoms. The zero-order valence-electron chi connectivity index (χ0n) is 19.0. The summed E-state index contributed by atoms with van der Waals surface area (Å²) >= 11 is 13.7. The highest BCUT2D eigenvalue weighted by molar-refractivity contribution is 8.00. The molecule has 18 heteroatoms. The van der Waals surface area contributed by atoms with E-state index < -0.39 is 52.1 Å². The Bertz CT molecular complexity index is 1420. The minimum Gasteiger partial charge on any atom is -0.478 e. The fourth-order valence-corrected chi connectivity index (χ4v) is 5.66. The molecule has 0 aliphatic carbocycles. The summed E-state index contributed by atoms with van der Waals surface area (Å²) in [6, 6.07) is 3.50. The van der Waals surface area contributed by atoms with Crippen molar-refractivity contribution in [3.8, 4) is 0 Å². The van der Waals surface area contributed by atoms with Crippen molar-refractivity contribution in [2.75, 3.05) is 11.1 Å². The summed E-state index contributed by atoms with van der Waals surface area (Å²) < 4.78 is 37.8. The number of carboxylic acid groups (broad SMARTS) is 1. The van der Waals surface area contributed by atoms with Gasteiger partial charge in [-0.25, -0.2) is 9.78 Å². The minimum absolute atomic E-state index is 0.0156. The number of amides is 3. The molecular weight excluding hydrogens is 610 g/mol. The van der Waals surface area contributed by atoms with Crippen molar-refractivity contribution in [1.82, 2.24) is 15.2 Å². The van der Waals surface area contributed by atoms with E-state index in [1.165, 1.54) is 17.2 Å². The highest BCUT2D eigenvalue weighted by Crippen LogP contribution is 2.36. The van der Waals surface area contributed by atoms with Crippen molar-refractivity contribution in [3.05, 3.63) is 56.7 Å². The molecular formula is C21H14Cl2F3N5O6S2. The fourth-order valence-electron chi connectivity index (χ4n) is 3.26. The second kappa shape index (κ2) is 11.4. The van der Waals surface area contributed by atoms with Gasteiger partial charge in [0.15, 0.2) is 10.8 Å². The molecule has 3 amide bonds. The SMILES string of the molecule is O=C(O)C1=CN2C(=O)C(NC(=O)C(=NOCc3ccc(Cl)cc3Cl)c3csc(NC(=O)C(F)(F)F)n3)[C@H]2SC1.